The van der Waals surface area contributed by atoms with E-state index in [-0.39, 0.29) is 18.1 Å². The maximum atomic E-state index is 12.0. The van der Waals surface area contributed by atoms with Crippen molar-refractivity contribution in [2.75, 3.05) is 20.3 Å². The fraction of sp³-hybridized carbons (Fsp3) is 0.533. The lowest BCUT2D eigenvalue weighted by molar-refractivity contribution is 0.170. The van der Waals surface area contributed by atoms with E-state index >= 15 is 0 Å². The number of hydrogen-bond acceptors (Lipinski definition) is 3. The molecule has 1 aliphatic heterocycles. The van der Waals surface area contributed by atoms with E-state index in [0.29, 0.717) is 13.2 Å². The Hall–Kier alpha value is -1.75. The monoisotopic (exact) mass is 278 g/mol. The summed E-state index contributed by atoms with van der Waals surface area (Å²) in [4.78, 5) is 12.0. The number of para-hydroxylation sites is 1. The van der Waals surface area contributed by atoms with E-state index < -0.39 is 0 Å². The van der Waals surface area contributed by atoms with Gasteiger partial charge in [-0.1, -0.05) is 18.2 Å². The van der Waals surface area contributed by atoms with Gasteiger partial charge in [-0.3, -0.25) is 0 Å². The van der Waals surface area contributed by atoms with E-state index in [2.05, 4.69) is 10.6 Å². The highest BCUT2D eigenvalue weighted by molar-refractivity contribution is 5.75. The summed E-state index contributed by atoms with van der Waals surface area (Å²) < 4.78 is 10.7. The standard InChI is InChI=1S/C15H22N2O3/c1-11(10-19-2)16-15(18)17-13-7-5-9-20-14-8-4-3-6-12(13)14/h3-4,6,8,11,13H,5,7,9-10H2,1-2H3,(H2,16,17,18)/t11-,13-/m1/s1. The van der Waals surface area contributed by atoms with Crippen LogP contribution in [0.4, 0.5) is 4.79 Å². The third-order valence-corrected chi connectivity index (χ3v) is 3.29. The van der Waals surface area contributed by atoms with Crippen molar-refractivity contribution in [3.8, 4) is 5.75 Å². The first-order valence-electron chi connectivity index (χ1n) is 6.98. The van der Waals surface area contributed by atoms with E-state index in [9.17, 15) is 4.79 Å². The fourth-order valence-corrected chi connectivity index (χ4v) is 2.39. The van der Waals surface area contributed by atoms with Crippen molar-refractivity contribution in [1.29, 1.82) is 0 Å². The van der Waals surface area contributed by atoms with Crippen LogP contribution >= 0.6 is 0 Å². The molecule has 0 fully saturated rings. The van der Waals surface area contributed by atoms with Crippen LogP contribution in [0.5, 0.6) is 5.75 Å². The zero-order valence-electron chi connectivity index (χ0n) is 12.0. The Labute approximate surface area is 119 Å². The minimum atomic E-state index is -0.170. The van der Waals surface area contributed by atoms with Crippen LogP contribution in [0.2, 0.25) is 0 Å². The molecule has 0 radical (unpaired) electrons. The van der Waals surface area contributed by atoms with E-state index in [0.717, 1.165) is 24.2 Å². The number of amides is 2. The summed E-state index contributed by atoms with van der Waals surface area (Å²) in [6, 6.07) is 7.66. The highest BCUT2D eigenvalue weighted by Gasteiger charge is 2.21. The molecule has 0 unspecified atom stereocenters. The summed E-state index contributed by atoms with van der Waals surface area (Å²) in [7, 11) is 1.62. The van der Waals surface area contributed by atoms with Crippen LogP contribution in [0, 0.1) is 0 Å². The normalized spacial score (nSPS) is 19.2. The maximum absolute atomic E-state index is 12.0. The Bertz CT molecular complexity index is 450. The second-order valence-electron chi connectivity index (χ2n) is 5.06. The summed E-state index contributed by atoms with van der Waals surface area (Å²) in [6.07, 6.45) is 1.80. The molecule has 2 rings (SSSR count). The number of urea groups is 1. The van der Waals surface area contributed by atoms with Crippen LogP contribution in [0.15, 0.2) is 24.3 Å². The number of nitrogens with one attached hydrogen (secondary N) is 2. The number of carbonyl (C=O) groups excluding carboxylic acids is 1. The van der Waals surface area contributed by atoms with E-state index in [4.69, 9.17) is 9.47 Å². The van der Waals surface area contributed by atoms with E-state index in [1.807, 2.05) is 31.2 Å². The Morgan fingerprint density at radius 2 is 2.30 bits per heavy atom. The van der Waals surface area contributed by atoms with Gasteiger partial charge in [0, 0.05) is 12.7 Å². The topological polar surface area (TPSA) is 59.6 Å². The average molecular weight is 278 g/mol. The molecule has 0 saturated carbocycles. The van der Waals surface area contributed by atoms with Gasteiger partial charge in [0.2, 0.25) is 0 Å². The molecule has 20 heavy (non-hydrogen) atoms. The van der Waals surface area contributed by atoms with Crippen LogP contribution < -0.4 is 15.4 Å². The van der Waals surface area contributed by atoms with Gasteiger partial charge in [-0.15, -0.1) is 0 Å². The second-order valence-corrected chi connectivity index (χ2v) is 5.06. The van der Waals surface area contributed by atoms with Crippen molar-refractivity contribution in [2.24, 2.45) is 0 Å². The van der Waals surface area contributed by atoms with Gasteiger partial charge >= 0.3 is 6.03 Å². The Morgan fingerprint density at radius 3 is 3.10 bits per heavy atom. The predicted molar refractivity (Wildman–Crippen MR) is 76.9 cm³/mol. The number of fused-ring (bicyclic) bond motifs is 1. The maximum Gasteiger partial charge on any atom is 0.315 e. The van der Waals surface area contributed by atoms with Crippen molar-refractivity contribution in [3.63, 3.8) is 0 Å². The molecule has 2 atom stereocenters. The third-order valence-electron chi connectivity index (χ3n) is 3.29. The van der Waals surface area contributed by atoms with Crippen LogP contribution in [-0.4, -0.2) is 32.4 Å². The van der Waals surface area contributed by atoms with Gasteiger partial charge in [0.05, 0.1) is 25.3 Å². The molecule has 1 aliphatic rings. The van der Waals surface area contributed by atoms with E-state index in [1.165, 1.54) is 0 Å². The molecule has 110 valence electrons. The SMILES string of the molecule is COC[C@@H](C)NC(=O)N[C@@H]1CCCOc2ccccc21. The molecule has 0 bridgehead atoms. The van der Waals surface area contributed by atoms with Gasteiger partial charge in [0.25, 0.3) is 0 Å². The number of rotatable bonds is 4. The Kier molecular flexibility index (Phi) is 5.24. The molecule has 1 heterocycles. The molecular formula is C15H22N2O3. The summed E-state index contributed by atoms with van der Waals surface area (Å²) in [5.74, 6) is 0.861. The quantitative estimate of drug-likeness (QED) is 0.888. The lowest BCUT2D eigenvalue weighted by Crippen LogP contribution is -2.43. The largest absolute Gasteiger partial charge is 0.493 e. The highest BCUT2D eigenvalue weighted by Crippen LogP contribution is 2.30. The first kappa shape index (κ1) is 14.7. The van der Waals surface area contributed by atoms with Crippen LogP contribution in [0.1, 0.15) is 31.4 Å². The molecule has 1 aromatic carbocycles. The molecule has 5 heteroatoms. The first-order valence-corrected chi connectivity index (χ1v) is 6.98. The first-order chi connectivity index (χ1) is 9.70. The molecule has 0 spiro atoms. The lowest BCUT2D eigenvalue weighted by atomic mass is 10.0. The van der Waals surface area contributed by atoms with Crippen molar-refractivity contribution in [2.45, 2.75) is 31.8 Å². The third kappa shape index (κ3) is 3.87. The van der Waals surface area contributed by atoms with Crippen molar-refractivity contribution in [1.82, 2.24) is 10.6 Å². The number of hydrogen-bond donors (Lipinski definition) is 2. The molecule has 0 aromatic heterocycles. The van der Waals surface area contributed by atoms with Gasteiger partial charge < -0.3 is 20.1 Å². The number of benzene rings is 1. The van der Waals surface area contributed by atoms with Crippen LogP contribution in [0.25, 0.3) is 0 Å². The number of methoxy groups -OCH3 is 1. The van der Waals surface area contributed by atoms with Gasteiger partial charge in [0.15, 0.2) is 0 Å². The molecule has 0 saturated heterocycles. The van der Waals surface area contributed by atoms with Crippen molar-refractivity contribution < 1.29 is 14.3 Å². The van der Waals surface area contributed by atoms with Gasteiger partial charge in [-0.25, -0.2) is 4.79 Å². The average Bonchev–Trinajstić information content (AvgIpc) is 2.62. The zero-order valence-corrected chi connectivity index (χ0v) is 12.0. The van der Waals surface area contributed by atoms with Gasteiger partial charge in [-0.2, -0.15) is 0 Å². The van der Waals surface area contributed by atoms with Crippen molar-refractivity contribution >= 4 is 6.03 Å². The summed E-state index contributed by atoms with van der Waals surface area (Å²) in [5.41, 5.74) is 1.04. The van der Waals surface area contributed by atoms with Gasteiger partial charge in [-0.05, 0) is 25.8 Å². The number of carbonyl (C=O) groups is 1. The minimum absolute atomic E-state index is 0.0107. The molecule has 2 amide bonds. The fourth-order valence-electron chi connectivity index (χ4n) is 2.39. The molecule has 1 aromatic rings. The van der Waals surface area contributed by atoms with Crippen LogP contribution in [-0.2, 0) is 4.74 Å². The molecule has 5 nitrogen and oxygen atoms in total. The lowest BCUT2D eigenvalue weighted by Gasteiger charge is -2.20. The smallest absolute Gasteiger partial charge is 0.315 e. The molecular weight excluding hydrogens is 256 g/mol. The van der Waals surface area contributed by atoms with E-state index in [1.54, 1.807) is 7.11 Å². The number of ether oxygens (including phenoxy) is 2. The predicted octanol–water partition coefficient (Wildman–Crippen LogP) is 2.23. The zero-order chi connectivity index (χ0) is 14.4. The second kappa shape index (κ2) is 7.14. The Morgan fingerprint density at radius 1 is 1.50 bits per heavy atom. The summed E-state index contributed by atoms with van der Waals surface area (Å²) >= 11 is 0. The summed E-state index contributed by atoms with van der Waals surface area (Å²) in [5, 5.41) is 5.88. The van der Waals surface area contributed by atoms with Crippen LogP contribution in [0.3, 0.4) is 0 Å². The van der Waals surface area contributed by atoms with Crippen molar-refractivity contribution in [3.05, 3.63) is 29.8 Å². The Balaban J connectivity index is 2.00. The summed E-state index contributed by atoms with van der Waals surface area (Å²) in [6.45, 7) is 3.10. The highest BCUT2D eigenvalue weighted by atomic mass is 16.5. The molecule has 2 N–H and O–H groups in total. The molecule has 0 aliphatic carbocycles. The minimum Gasteiger partial charge on any atom is -0.493 e. The van der Waals surface area contributed by atoms with Gasteiger partial charge in [0.1, 0.15) is 5.75 Å².